The van der Waals surface area contributed by atoms with Crippen LogP contribution in [0.3, 0.4) is 0 Å². The third-order valence-corrected chi connectivity index (χ3v) is 11.1. The second-order valence-electron chi connectivity index (χ2n) is 12.6. The van der Waals surface area contributed by atoms with Gasteiger partial charge in [-0.2, -0.15) is 17.5 Å². The summed E-state index contributed by atoms with van der Waals surface area (Å²) in [5.74, 6) is 0.144. The number of unbranched alkanes of at least 4 members (excludes halogenated alkanes) is 2. The Bertz CT molecular complexity index is 1860. The molecule has 0 saturated carbocycles. The Balaban J connectivity index is 1.39. The highest BCUT2D eigenvalue weighted by atomic mass is 35.5. The molecule has 2 heterocycles. The second kappa shape index (κ2) is 17.9. The molecule has 3 aromatic carbocycles. The first-order valence-electron chi connectivity index (χ1n) is 17.0. The van der Waals surface area contributed by atoms with Crippen LogP contribution >= 0.6 is 23.2 Å². The lowest BCUT2D eigenvalue weighted by atomic mass is 9.84. The van der Waals surface area contributed by atoms with Gasteiger partial charge in [-0.25, -0.2) is 13.4 Å². The highest BCUT2D eigenvalue weighted by Crippen LogP contribution is 2.38. The van der Waals surface area contributed by atoms with E-state index in [1.807, 2.05) is 66.7 Å². The Labute approximate surface area is 311 Å². The van der Waals surface area contributed by atoms with Crippen molar-refractivity contribution in [3.8, 4) is 5.88 Å². The summed E-state index contributed by atoms with van der Waals surface area (Å²) < 4.78 is 75.3. The molecule has 5 rings (SSSR count). The summed E-state index contributed by atoms with van der Waals surface area (Å²) in [5.41, 5.74) is -1.10. The predicted molar refractivity (Wildman–Crippen MR) is 198 cm³/mol. The average molecular weight is 782 g/mol. The SMILES string of the molecule is COCCNC(=O)CCCCCOc1cc(NC2CCN(S(=O)(=O)C(F)(F)F)CC2)c2cc(C(c3ccc(Cl)cc3)c3ccc(Cl)cc3)ccc2n1. The first-order valence-corrected chi connectivity index (χ1v) is 19.2. The van der Waals surface area contributed by atoms with Gasteiger partial charge in [0.2, 0.25) is 11.8 Å². The second-order valence-corrected chi connectivity index (χ2v) is 15.4. The monoisotopic (exact) mass is 780 g/mol. The first kappa shape index (κ1) is 39.6. The number of benzene rings is 3. The number of halogens is 5. The van der Waals surface area contributed by atoms with Crippen LogP contribution in [0.4, 0.5) is 18.9 Å². The molecule has 0 radical (unpaired) electrons. The first-order chi connectivity index (χ1) is 24.9. The molecule has 2 N–H and O–H groups in total. The van der Waals surface area contributed by atoms with Crippen molar-refractivity contribution in [2.24, 2.45) is 0 Å². The lowest BCUT2D eigenvalue weighted by Gasteiger charge is -2.32. The number of hydrogen-bond donors (Lipinski definition) is 2. The Morgan fingerprint density at radius 3 is 2.12 bits per heavy atom. The van der Waals surface area contributed by atoms with Crippen molar-refractivity contribution in [1.29, 1.82) is 0 Å². The van der Waals surface area contributed by atoms with E-state index in [1.54, 1.807) is 13.2 Å². The van der Waals surface area contributed by atoms with Crippen LogP contribution in [0.25, 0.3) is 10.9 Å². The number of ether oxygens (including phenoxy) is 2. The molecule has 1 aliphatic rings. The maximum Gasteiger partial charge on any atom is 0.511 e. The van der Waals surface area contributed by atoms with E-state index in [9.17, 15) is 26.4 Å². The summed E-state index contributed by atoms with van der Waals surface area (Å²) in [4.78, 5) is 16.7. The molecule has 0 aliphatic carbocycles. The number of rotatable bonds is 16. The van der Waals surface area contributed by atoms with Gasteiger partial charge in [0.15, 0.2) is 0 Å². The van der Waals surface area contributed by atoms with E-state index in [4.69, 9.17) is 37.7 Å². The quantitative estimate of drug-likeness (QED) is 0.0873. The molecule has 4 aromatic rings. The lowest BCUT2D eigenvalue weighted by molar-refractivity contribution is -0.121. The number of nitrogens with one attached hydrogen (secondary N) is 2. The van der Waals surface area contributed by atoms with Gasteiger partial charge in [-0.3, -0.25) is 4.79 Å². The largest absolute Gasteiger partial charge is 0.511 e. The zero-order valence-corrected chi connectivity index (χ0v) is 30.9. The molecule has 0 spiro atoms. The summed E-state index contributed by atoms with van der Waals surface area (Å²) in [6.07, 6.45) is 2.93. The molecule has 9 nitrogen and oxygen atoms in total. The molecule has 0 bridgehead atoms. The van der Waals surface area contributed by atoms with Crippen LogP contribution in [0.1, 0.15) is 61.1 Å². The minimum absolute atomic E-state index is 0.0274. The Morgan fingerprint density at radius 2 is 1.52 bits per heavy atom. The molecule has 0 atom stereocenters. The number of anilines is 1. The normalized spacial score (nSPS) is 14.5. The van der Waals surface area contributed by atoms with Crippen molar-refractivity contribution >= 4 is 55.7 Å². The lowest BCUT2D eigenvalue weighted by Crippen LogP contribution is -2.47. The van der Waals surface area contributed by atoms with Gasteiger partial charge in [0.1, 0.15) is 0 Å². The van der Waals surface area contributed by atoms with Crippen LogP contribution in [-0.4, -0.2) is 75.1 Å². The van der Waals surface area contributed by atoms with Gasteiger partial charge in [0, 0.05) is 72.3 Å². The van der Waals surface area contributed by atoms with E-state index >= 15 is 0 Å². The van der Waals surface area contributed by atoms with E-state index in [0.717, 1.165) is 28.5 Å². The van der Waals surface area contributed by atoms with Crippen LogP contribution in [-0.2, 0) is 19.6 Å². The fraction of sp³-hybridized carbons (Fsp3) is 0.405. The fourth-order valence-corrected chi connectivity index (χ4v) is 7.44. The molecule has 52 heavy (non-hydrogen) atoms. The van der Waals surface area contributed by atoms with Crippen molar-refractivity contribution in [3.05, 3.63) is 99.5 Å². The molecular weight excluding hydrogens is 740 g/mol. The zero-order chi connectivity index (χ0) is 37.3. The van der Waals surface area contributed by atoms with E-state index in [0.29, 0.717) is 70.5 Å². The fourth-order valence-electron chi connectivity index (χ4n) is 6.21. The van der Waals surface area contributed by atoms with Crippen LogP contribution in [0.5, 0.6) is 5.88 Å². The van der Waals surface area contributed by atoms with Crippen molar-refractivity contribution in [2.45, 2.75) is 56.0 Å². The number of pyridine rings is 1. The molecular formula is C37H41Cl2F3N4O5S. The average Bonchev–Trinajstić information content (AvgIpc) is 3.11. The number of methoxy groups -OCH3 is 1. The smallest absolute Gasteiger partial charge is 0.478 e. The van der Waals surface area contributed by atoms with Gasteiger partial charge in [-0.05, 0) is 85.2 Å². The van der Waals surface area contributed by atoms with Crippen LogP contribution in [0.2, 0.25) is 10.0 Å². The predicted octanol–water partition coefficient (Wildman–Crippen LogP) is 8.15. The molecule has 1 fully saturated rings. The minimum Gasteiger partial charge on any atom is -0.478 e. The van der Waals surface area contributed by atoms with E-state index < -0.39 is 15.5 Å². The van der Waals surface area contributed by atoms with Gasteiger partial charge < -0.3 is 20.1 Å². The molecule has 1 aliphatic heterocycles. The molecule has 1 aromatic heterocycles. The maximum atomic E-state index is 13.2. The third kappa shape index (κ3) is 10.3. The van der Waals surface area contributed by atoms with E-state index in [2.05, 4.69) is 10.6 Å². The van der Waals surface area contributed by atoms with Crippen LogP contribution < -0.4 is 15.4 Å². The topological polar surface area (TPSA) is 110 Å². The van der Waals surface area contributed by atoms with Gasteiger partial charge in [-0.15, -0.1) is 0 Å². The standard InChI is InChI=1S/C37H41Cl2F3N4O5S/c1-50-22-18-43-34(47)5-3-2-4-21-51-35-24-33(44-30-16-19-46(20-17-30)52(48,49)37(40,41)42)31-23-27(10-15-32(31)45-35)36(25-6-11-28(38)12-7-25)26-8-13-29(39)14-9-26/h6-15,23-24,30,36H,2-5,16-22H2,1H3,(H,43,47)(H,44,45). The highest BCUT2D eigenvalue weighted by molar-refractivity contribution is 7.90. The number of nitrogens with zero attached hydrogens (tertiary/aromatic N) is 2. The minimum atomic E-state index is -5.41. The summed E-state index contributed by atoms with van der Waals surface area (Å²) in [6.45, 7) is 0.761. The van der Waals surface area contributed by atoms with Gasteiger partial charge in [0.25, 0.3) is 0 Å². The number of carbonyl (C=O) groups excluding carboxylic acids is 1. The number of piperidine rings is 1. The Kier molecular flexibility index (Phi) is 13.7. The number of carbonyl (C=O) groups is 1. The van der Waals surface area contributed by atoms with Crippen molar-refractivity contribution in [3.63, 3.8) is 0 Å². The Morgan fingerprint density at radius 1 is 0.904 bits per heavy atom. The van der Waals surface area contributed by atoms with Gasteiger partial charge in [-0.1, -0.05) is 53.5 Å². The number of fused-ring (bicyclic) bond motifs is 1. The Hall–Kier alpha value is -3.62. The number of hydrogen-bond acceptors (Lipinski definition) is 7. The van der Waals surface area contributed by atoms with E-state index in [1.165, 1.54) is 0 Å². The van der Waals surface area contributed by atoms with Crippen molar-refractivity contribution in [2.75, 3.05) is 45.3 Å². The number of amides is 1. The summed E-state index contributed by atoms with van der Waals surface area (Å²) in [6, 6.07) is 22.6. The van der Waals surface area contributed by atoms with Crippen LogP contribution in [0.15, 0.2) is 72.8 Å². The summed E-state index contributed by atoms with van der Waals surface area (Å²) in [5, 5.41) is 8.26. The highest BCUT2D eigenvalue weighted by Gasteiger charge is 2.50. The molecule has 1 amide bonds. The van der Waals surface area contributed by atoms with E-state index in [-0.39, 0.29) is 43.8 Å². The van der Waals surface area contributed by atoms with Gasteiger partial charge in [0.05, 0.1) is 18.7 Å². The third-order valence-electron chi connectivity index (χ3n) is 8.92. The molecule has 280 valence electrons. The van der Waals surface area contributed by atoms with Crippen LogP contribution in [0, 0.1) is 0 Å². The molecule has 15 heteroatoms. The number of alkyl halides is 3. The number of sulfonamides is 1. The molecule has 1 saturated heterocycles. The summed E-state index contributed by atoms with van der Waals surface area (Å²) >= 11 is 12.5. The van der Waals surface area contributed by atoms with Crippen molar-refractivity contribution in [1.82, 2.24) is 14.6 Å². The zero-order valence-electron chi connectivity index (χ0n) is 28.6. The maximum absolute atomic E-state index is 13.2. The van der Waals surface area contributed by atoms with Gasteiger partial charge >= 0.3 is 15.5 Å². The summed E-state index contributed by atoms with van der Waals surface area (Å²) in [7, 11) is -3.83. The van der Waals surface area contributed by atoms with Crippen molar-refractivity contribution < 1.29 is 35.9 Å². The molecule has 0 unspecified atom stereocenters. The number of aromatic nitrogens is 1.